The summed E-state index contributed by atoms with van der Waals surface area (Å²) < 4.78 is 6.53. The lowest BCUT2D eigenvalue weighted by molar-refractivity contribution is -0.141. The number of benzene rings is 1. The van der Waals surface area contributed by atoms with E-state index in [9.17, 15) is 14.4 Å². The maximum Gasteiger partial charge on any atom is 0.246 e. The van der Waals surface area contributed by atoms with Crippen LogP contribution in [-0.2, 0) is 19.1 Å². The summed E-state index contributed by atoms with van der Waals surface area (Å²) in [7, 11) is 0. The average Bonchev–Trinajstić information content (AvgIpc) is 3.59. The fourth-order valence-corrected chi connectivity index (χ4v) is 7.52. The van der Waals surface area contributed by atoms with Gasteiger partial charge in [0, 0.05) is 24.8 Å². The zero-order valence-electron chi connectivity index (χ0n) is 25.6. The SMILES string of the molecule is CCN(CC)CCN1C(=O)[C@H]2[C@H](C(=O)Nc3ccc(C(C)C)cc3)[C@H]3C=C[C@@]2(O3)[C@@H]1C(=O)N[C@@H]1CCC[C@@H](C)[C@@H]1C. The lowest BCUT2D eigenvalue weighted by Gasteiger charge is -2.38. The smallest absolute Gasteiger partial charge is 0.246 e. The fourth-order valence-electron chi connectivity index (χ4n) is 7.52. The van der Waals surface area contributed by atoms with Crippen LogP contribution in [0.15, 0.2) is 36.4 Å². The van der Waals surface area contributed by atoms with Crippen LogP contribution in [0.25, 0.3) is 0 Å². The van der Waals surface area contributed by atoms with Crippen LogP contribution in [0.5, 0.6) is 0 Å². The van der Waals surface area contributed by atoms with Gasteiger partial charge in [0.25, 0.3) is 0 Å². The number of ether oxygens (including phenoxy) is 1. The Labute approximate surface area is 245 Å². The minimum atomic E-state index is -1.14. The molecule has 3 fully saturated rings. The van der Waals surface area contributed by atoms with Crippen molar-refractivity contribution in [3.05, 3.63) is 42.0 Å². The Morgan fingerprint density at radius 2 is 1.80 bits per heavy atom. The highest BCUT2D eigenvalue weighted by Crippen LogP contribution is 2.55. The Bertz CT molecular complexity index is 1160. The van der Waals surface area contributed by atoms with E-state index in [0.717, 1.165) is 25.9 Å². The van der Waals surface area contributed by atoms with Crippen LogP contribution in [0.3, 0.4) is 0 Å². The molecule has 4 aliphatic rings. The quantitative estimate of drug-likeness (QED) is 0.416. The molecule has 8 heteroatoms. The Balaban J connectivity index is 1.41. The number of fused-ring (bicyclic) bond motifs is 1. The number of amides is 3. The number of hydrogen-bond acceptors (Lipinski definition) is 5. The molecule has 2 bridgehead atoms. The van der Waals surface area contributed by atoms with Crippen LogP contribution in [0.4, 0.5) is 5.69 Å². The van der Waals surface area contributed by atoms with Crippen LogP contribution in [0.1, 0.15) is 72.3 Å². The average molecular weight is 565 g/mol. The first-order valence-corrected chi connectivity index (χ1v) is 15.7. The van der Waals surface area contributed by atoms with Crippen molar-refractivity contribution in [2.75, 3.05) is 31.5 Å². The maximum absolute atomic E-state index is 14.2. The van der Waals surface area contributed by atoms with Gasteiger partial charge in [-0.3, -0.25) is 14.4 Å². The van der Waals surface area contributed by atoms with Crippen LogP contribution in [-0.4, -0.2) is 77.5 Å². The van der Waals surface area contributed by atoms with Gasteiger partial charge in [0.15, 0.2) is 0 Å². The van der Waals surface area contributed by atoms with Crippen LogP contribution in [0, 0.1) is 23.7 Å². The van der Waals surface area contributed by atoms with Crippen molar-refractivity contribution in [3.63, 3.8) is 0 Å². The second-order valence-electron chi connectivity index (χ2n) is 12.9. The predicted molar refractivity (Wildman–Crippen MR) is 160 cm³/mol. The van der Waals surface area contributed by atoms with Gasteiger partial charge >= 0.3 is 0 Å². The Morgan fingerprint density at radius 3 is 2.46 bits per heavy atom. The Hall–Kier alpha value is -2.71. The normalized spacial score (nSPS) is 34.0. The van der Waals surface area contributed by atoms with Gasteiger partial charge in [-0.05, 0) is 55.0 Å². The zero-order chi connectivity index (χ0) is 29.5. The van der Waals surface area contributed by atoms with E-state index in [1.54, 1.807) is 4.90 Å². The minimum Gasteiger partial charge on any atom is -0.359 e. The number of carbonyl (C=O) groups excluding carboxylic acids is 3. The molecule has 1 aromatic carbocycles. The van der Waals surface area contributed by atoms with Crippen molar-refractivity contribution in [1.82, 2.24) is 15.1 Å². The molecule has 3 aliphatic heterocycles. The number of rotatable bonds is 10. The molecule has 8 atom stereocenters. The van der Waals surface area contributed by atoms with E-state index in [1.165, 1.54) is 12.0 Å². The third kappa shape index (κ3) is 5.34. The first-order valence-electron chi connectivity index (χ1n) is 15.7. The van der Waals surface area contributed by atoms with Crippen LogP contribution >= 0.6 is 0 Å². The van der Waals surface area contributed by atoms with Gasteiger partial charge in [0.1, 0.15) is 11.6 Å². The standard InChI is InChI=1S/C33H48N4O4/c1-7-36(8-2)18-19-37-29(31(39)35-25-11-9-10-21(5)22(25)6)33-17-16-26(41-33)27(28(33)32(37)40)30(38)34-24-14-12-23(13-15-24)20(3)4/h12-17,20-22,25-29H,7-11,18-19H2,1-6H3,(H,34,38)(H,35,39)/t21-,22+,25-,26-,27-,28-,29+,33+/m1/s1. The molecule has 2 N–H and O–H groups in total. The molecule has 1 saturated carbocycles. The largest absolute Gasteiger partial charge is 0.359 e. The summed E-state index contributed by atoms with van der Waals surface area (Å²) in [6.07, 6.45) is 6.44. The van der Waals surface area contributed by atoms with Crippen LogP contribution in [0.2, 0.25) is 0 Å². The van der Waals surface area contributed by atoms with Crippen molar-refractivity contribution in [2.24, 2.45) is 23.7 Å². The second-order valence-corrected chi connectivity index (χ2v) is 12.9. The van der Waals surface area contributed by atoms with Crippen molar-refractivity contribution in [3.8, 4) is 0 Å². The maximum atomic E-state index is 14.2. The number of anilines is 1. The molecule has 41 heavy (non-hydrogen) atoms. The van der Waals surface area contributed by atoms with Crippen LogP contribution < -0.4 is 10.6 Å². The van der Waals surface area contributed by atoms with Crippen molar-refractivity contribution in [2.45, 2.75) is 90.5 Å². The highest BCUT2D eigenvalue weighted by atomic mass is 16.5. The van der Waals surface area contributed by atoms with Gasteiger partial charge in [0.2, 0.25) is 17.7 Å². The van der Waals surface area contributed by atoms with E-state index in [2.05, 4.69) is 57.1 Å². The molecule has 0 unspecified atom stereocenters. The van der Waals surface area contributed by atoms with Crippen molar-refractivity contribution in [1.29, 1.82) is 0 Å². The highest BCUT2D eigenvalue weighted by Gasteiger charge is 2.72. The van der Waals surface area contributed by atoms with Gasteiger partial charge in [-0.15, -0.1) is 0 Å². The third-order valence-electron chi connectivity index (χ3n) is 10.4. The first kappa shape index (κ1) is 29.8. The number of likely N-dealkylation sites (tertiary alicyclic amines) is 1. The van der Waals surface area contributed by atoms with E-state index < -0.39 is 29.6 Å². The number of hydrogen-bond donors (Lipinski definition) is 2. The number of nitrogens with one attached hydrogen (secondary N) is 2. The molecule has 2 saturated heterocycles. The number of nitrogens with zero attached hydrogens (tertiary/aromatic N) is 2. The molecule has 0 radical (unpaired) electrons. The number of likely N-dealkylation sites (N-methyl/N-ethyl adjacent to an activating group) is 1. The fraction of sp³-hybridized carbons (Fsp3) is 0.667. The summed E-state index contributed by atoms with van der Waals surface area (Å²) >= 11 is 0. The molecule has 1 spiro atoms. The van der Waals surface area contributed by atoms with E-state index >= 15 is 0 Å². The molecule has 1 aliphatic carbocycles. The van der Waals surface area contributed by atoms with Crippen molar-refractivity contribution >= 4 is 23.4 Å². The second kappa shape index (κ2) is 11.9. The van der Waals surface area contributed by atoms with Gasteiger partial charge < -0.3 is 25.2 Å². The molecule has 5 rings (SSSR count). The molecule has 0 aromatic heterocycles. The van der Waals surface area contributed by atoms with E-state index in [0.29, 0.717) is 36.5 Å². The van der Waals surface area contributed by atoms with E-state index in [4.69, 9.17) is 4.74 Å². The molecule has 3 amide bonds. The topological polar surface area (TPSA) is 91.0 Å². The molecule has 3 heterocycles. The monoisotopic (exact) mass is 564 g/mol. The molecular weight excluding hydrogens is 516 g/mol. The lowest BCUT2D eigenvalue weighted by atomic mass is 9.73. The summed E-state index contributed by atoms with van der Waals surface area (Å²) in [6.45, 7) is 15.7. The molecule has 1 aromatic rings. The van der Waals surface area contributed by atoms with Crippen molar-refractivity contribution < 1.29 is 19.1 Å². The van der Waals surface area contributed by atoms with Gasteiger partial charge in [0.05, 0.1) is 17.9 Å². The summed E-state index contributed by atoms with van der Waals surface area (Å²) in [4.78, 5) is 46.1. The first-order chi connectivity index (χ1) is 19.6. The summed E-state index contributed by atoms with van der Waals surface area (Å²) in [5.41, 5.74) is 0.750. The lowest BCUT2D eigenvalue weighted by Crippen LogP contribution is -2.58. The third-order valence-corrected chi connectivity index (χ3v) is 10.4. The van der Waals surface area contributed by atoms with Gasteiger partial charge in [-0.2, -0.15) is 0 Å². The number of carbonyl (C=O) groups is 3. The summed E-state index contributed by atoms with van der Waals surface area (Å²) in [5.74, 6) is -0.709. The summed E-state index contributed by atoms with van der Waals surface area (Å²) in [5, 5.41) is 6.37. The molecule has 224 valence electrons. The van der Waals surface area contributed by atoms with Gasteiger partial charge in [-0.1, -0.05) is 78.7 Å². The van der Waals surface area contributed by atoms with E-state index in [-0.39, 0.29) is 23.8 Å². The Morgan fingerprint density at radius 1 is 1.10 bits per heavy atom. The van der Waals surface area contributed by atoms with E-state index in [1.807, 2.05) is 36.4 Å². The summed E-state index contributed by atoms with van der Waals surface area (Å²) in [6, 6.07) is 7.11. The molecule has 8 nitrogen and oxygen atoms in total. The zero-order valence-corrected chi connectivity index (χ0v) is 25.6. The van der Waals surface area contributed by atoms with Gasteiger partial charge in [-0.25, -0.2) is 0 Å². The molecular formula is C33H48N4O4. The Kier molecular flexibility index (Phi) is 8.63. The highest BCUT2D eigenvalue weighted by molar-refractivity contribution is 6.02. The minimum absolute atomic E-state index is 0.0666. The predicted octanol–water partition coefficient (Wildman–Crippen LogP) is 4.18.